The normalized spacial score (nSPS) is 14.5. The minimum absolute atomic E-state index is 0.0257. The molecule has 168 valence electrons. The van der Waals surface area contributed by atoms with Crippen LogP contribution in [-0.2, 0) is 6.54 Å². The van der Waals surface area contributed by atoms with Crippen molar-refractivity contribution in [3.05, 3.63) is 64.2 Å². The number of carbonyl (C=O) groups is 1. The molecule has 0 aliphatic carbocycles. The molecule has 1 N–H and O–H groups in total. The van der Waals surface area contributed by atoms with Crippen LogP contribution in [0.1, 0.15) is 29.5 Å². The van der Waals surface area contributed by atoms with E-state index >= 15 is 0 Å². The molecule has 0 saturated carbocycles. The molecular formula is C24H28N4O4. The summed E-state index contributed by atoms with van der Waals surface area (Å²) in [6, 6.07) is 12.6. The van der Waals surface area contributed by atoms with E-state index in [1.165, 1.54) is 0 Å². The van der Waals surface area contributed by atoms with Crippen molar-refractivity contribution in [2.24, 2.45) is 0 Å². The zero-order chi connectivity index (χ0) is 22.5. The smallest absolute Gasteiger partial charge is 0.258 e. The van der Waals surface area contributed by atoms with Crippen molar-refractivity contribution in [3.8, 4) is 11.5 Å². The van der Waals surface area contributed by atoms with Gasteiger partial charge >= 0.3 is 0 Å². The molecule has 1 saturated heterocycles. The molecule has 8 nitrogen and oxygen atoms in total. The third-order valence-corrected chi connectivity index (χ3v) is 5.57. The molecule has 1 aromatic heterocycles. The van der Waals surface area contributed by atoms with Crippen LogP contribution in [0.4, 0.5) is 0 Å². The van der Waals surface area contributed by atoms with Crippen LogP contribution in [0.5, 0.6) is 11.5 Å². The summed E-state index contributed by atoms with van der Waals surface area (Å²) in [5, 5.41) is 0.591. The van der Waals surface area contributed by atoms with Crippen molar-refractivity contribution in [2.75, 3.05) is 39.9 Å². The van der Waals surface area contributed by atoms with Gasteiger partial charge in [0, 0.05) is 31.7 Å². The number of hydrogen-bond donors (Lipinski definition) is 1. The molecule has 4 rings (SSSR count). The average molecular weight is 437 g/mol. The second-order valence-electron chi connectivity index (χ2n) is 7.81. The first-order valence-electron chi connectivity index (χ1n) is 10.9. The summed E-state index contributed by atoms with van der Waals surface area (Å²) in [5.74, 6) is 1.82. The molecule has 1 aliphatic rings. The van der Waals surface area contributed by atoms with Crippen molar-refractivity contribution in [1.82, 2.24) is 19.8 Å². The molecule has 3 aromatic rings. The highest BCUT2D eigenvalue weighted by atomic mass is 16.5. The van der Waals surface area contributed by atoms with Crippen molar-refractivity contribution in [1.29, 1.82) is 0 Å². The second-order valence-corrected chi connectivity index (χ2v) is 7.81. The van der Waals surface area contributed by atoms with E-state index in [0.717, 1.165) is 6.42 Å². The summed E-state index contributed by atoms with van der Waals surface area (Å²) in [7, 11) is 1.58. The predicted octanol–water partition coefficient (Wildman–Crippen LogP) is 2.68. The molecule has 8 heteroatoms. The zero-order valence-electron chi connectivity index (χ0n) is 18.5. The number of aromatic amines is 1. The lowest BCUT2D eigenvalue weighted by atomic mass is 10.1. The van der Waals surface area contributed by atoms with Crippen LogP contribution in [0.25, 0.3) is 10.9 Å². The number of nitrogens with one attached hydrogen (secondary N) is 1. The number of hydrogen-bond acceptors (Lipinski definition) is 6. The van der Waals surface area contributed by atoms with E-state index in [1.807, 2.05) is 30.0 Å². The number of para-hydroxylation sites is 1. The Morgan fingerprint density at radius 2 is 1.88 bits per heavy atom. The summed E-state index contributed by atoms with van der Waals surface area (Å²) in [4.78, 5) is 36.8. The van der Waals surface area contributed by atoms with Crippen molar-refractivity contribution in [3.63, 3.8) is 0 Å². The fourth-order valence-corrected chi connectivity index (χ4v) is 3.85. The lowest BCUT2D eigenvalue weighted by Crippen LogP contribution is -2.48. The molecule has 32 heavy (non-hydrogen) atoms. The van der Waals surface area contributed by atoms with Gasteiger partial charge in [-0.1, -0.05) is 19.1 Å². The number of benzene rings is 2. The summed E-state index contributed by atoms with van der Waals surface area (Å²) in [6.45, 7) is 5.80. The van der Waals surface area contributed by atoms with E-state index in [4.69, 9.17) is 9.47 Å². The van der Waals surface area contributed by atoms with Crippen LogP contribution >= 0.6 is 0 Å². The highest BCUT2D eigenvalue weighted by molar-refractivity contribution is 5.95. The van der Waals surface area contributed by atoms with Gasteiger partial charge < -0.3 is 19.4 Å². The largest absolute Gasteiger partial charge is 0.493 e. The molecule has 2 heterocycles. The van der Waals surface area contributed by atoms with Crippen LogP contribution in [-0.4, -0.2) is 65.6 Å². The Morgan fingerprint density at radius 3 is 2.62 bits per heavy atom. The van der Waals surface area contributed by atoms with E-state index < -0.39 is 0 Å². The Hall–Kier alpha value is -3.39. The van der Waals surface area contributed by atoms with Gasteiger partial charge in [-0.15, -0.1) is 0 Å². The van der Waals surface area contributed by atoms with E-state index in [9.17, 15) is 9.59 Å². The summed E-state index contributed by atoms with van der Waals surface area (Å²) >= 11 is 0. The molecule has 0 spiro atoms. The molecule has 1 aliphatic heterocycles. The number of carbonyl (C=O) groups excluding carboxylic acids is 1. The van der Waals surface area contributed by atoms with Gasteiger partial charge in [0.2, 0.25) is 0 Å². The molecule has 0 unspecified atom stereocenters. The summed E-state index contributed by atoms with van der Waals surface area (Å²) < 4.78 is 11.1. The highest BCUT2D eigenvalue weighted by Gasteiger charge is 2.23. The first-order valence-corrected chi connectivity index (χ1v) is 10.9. The highest BCUT2D eigenvalue weighted by Crippen LogP contribution is 2.29. The van der Waals surface area contributed by atoms with Gasteiger partial charge in [-0.2, -0.15) is 0 Å². The third-order valence-electron chi connectivity index (χ3n) is 5.57. The van der Waals surface area contributed by atoms with E-state index in [2.05, 4.69) is 14.9 Å². The Bertz CT molecular complexity index is 1150. The van der Waals surface area contributed by atoms with Crippen LogP contribution < -0.4 is 15.0 Å². The maximum atomic E-state index is 13.0. The Balaban J connectivity index is 1.38. The number of ether oxygens (including phenoxy) is 2. The number of piperazine rings is 1. The monoisotopic (exact) mass is 436 g/mol. The van der Waals surface area contributed by atoms with Crippen LogP contribution in [0.2, 0.25) is 0 Å². The number of amides is 1. The molecule has 0 atom stereocenters. The van der Waals surface area contributed by atoms with Gasteiger partial charge in [0.1, 0.15) is 5.82 Å². The van der Waals surface area contributed by atoms with E-state index in [1.54, 1.807) is 31.4 Å². The number of aromatic nitrogens is 2. The number of fused-ring (bicyclic) bond motifs is 1. The van der Waals surface area contributed by atoms with Crippen molar-refractivity contribution >= 4 is 16.8 Å². The first-order chi connectivity index (χ1) is 15.6. The molecule has 0 radical (unpaired) electrons. The van der Waals surface area contributed by atoms with Gasteiger partial charge in [-0.25, -0.2) is 4.98 Å². The van der Waals surface area contributed by atoms with Crippen molar-refractivity contribution in [2.45, 2.75) is 19.9 Å². The van der Waals surface area contributed by atoms with Crippen LogP contribution in [0.3, 0.4) is 0 Å². The second kappa shape index (κ2) is 9.82. The lowest BCUT2D eigenvalue weighted by molar-refractivity contribution is 0.0625. The standard InChI is InChI=1S/C24H28N4O4/c1-3-14-32-20-9-8-17(15-21(20)31-2)24(30)28-12-10-27(11-13-28)16-22-25-19-7-5-4-6-18(19)23(29)26-22/h4-9,15H,3,10-14,16H2,1-2H3,(H,25,26,29). The van der Waals surface area contributed by atoms with Crippen LogP contribution in [0.15, 0.2) is 47.3 Å². The molecule has 1 amide bonds. The van der Waals surface area contributed by atoms with Gasteiger partial charge in [0.15, 0.2) is 11.5 Å². The topological polar surface area (TPSA) is 87.8 Å². The average Bonchev–Trinajstić information content (AvgIpc) is 2.82. The number of H-pyrrole nitrogens is 1. The van der Waals surface area contributed by atoms with Crippen LogP contribution in [0, 0.1) is 0 Å². The quantitative estimate of drug-likeness (QED) is 0.613. The predicted molar refractivity (Wildman–Crippen MR) is 122 cm³/mol. The van der Waals surface area contributed by atoms with Gasteiger partial charge in [-0.05, 0) is 36.8 Å². The van der Waals surface area contributed by atoms with E-state index in [0.29, 0.717) is 73.1 Å². The zero-order valence-corrected chi connectivity index (χ0v) is 18.5. The van der Waals surface area contributed by atoms with E-state index in [-0.39, 0.29) is 11.5 Å². The number of methoxy groups -OCH3 is 1. The Labute approximate surface area is 186 Å². The van der Waals surface area contributed by atoms with Crippen molar-refractivity contribution < 1.29 is 14.3 Å². The minimum atomic E-state index is -0.125. The maximum absolute atomic E-state index is 13.0. The molecule has 2 aromatic carbocycles. The Morgan fingerprint density at radius 1 is 1.09 bits per heavy atom. The summed E-state index contributed by atoms with van der Waals surface area (Å²) in [5.41, 5.74) is 1.15. The fraction of sp³-hybridized carbons (Fsp3) is 0.375. The summed E-state index contributed by atoms with van der Waals surface area (Å²) in [6.07, 6.45) is 0.900. The molecule has 1 fully saturated rings. The molecular weight excluding hydrogens is 408 g/mol. The number of nitrogens with zero attached hydrogens (tertiary/aromatic N) is 3. The maximum Gasteiger partial charge on any atom is 0.258 e. The first kappa shape index (κ1) is 21.8. The van der Waals surface area contributed by atoms with Gasteiger partial charge in [0.25, 0.3) is 11.5 Å². The van der Waals surface area contributed by atoms with Gasteiger partial charge in [-0.3, -0.25) is 14.5 Å². The molecule has 0 bridgehead atoms. The SMILES string of the molecule is CCCOc1ccc(C(=O)N2CCN(Cc3nc4ccccc4c(=O)[nH]3)CC2)cc1OC. The Kier molecular flexibility index (Phi) is 6.70. The third kappa shape index (κ3) is 4.75. The minimum Gasteiger partial charge on any atom is -0.493 e. The fourth-order valence-electron chi connectivity index (χ4n) is 3.85. The van der Waals surface area contributed by atoms with Gasteiger partial charge in [0.05, 0.1) is 31.2 Å². The lowest BCUT2D eigenvalue weighted by Gasteiger charge is -2.34. The number of rotatable bonds is 7.